The lowest BCUT2D eigenvalue weighted by molar-refractivity contribution is -0.147. The van der Waals surface area contributed by atoms with Gasteiger partial charge in [0.15, 0.2) is 0 Å². The first-order chi connectivity index (χ1) is 13.1. The van der Waals surface area contributed by atoms with Crippen LogP contribution in [-0.2, 0) is 22.6 Å². The Morgan fingerprint density at radius 1 is 0.963 bits per heavy atom. The van der Waals surface area contributed by atoms with Crippen molar-refractivity contribution in [3.8, 4) is 0 Å². The fraction of sp³-hybridized carbons (Fsp3) is 0.143. The molecule has 4 nitrogen and oxygen atoms in total. The number of ether oxygens (including phenoxy) is 1. The van der Waals surface area contributed by atoms with Crippen molar-refractivity contribution in [2.24, 2.45) is 0 Å². The summed E-state index contributed by atoms with van der Waals surface area (Å²) in [7, 11) is 0. The van der Waals surface area contributed by atoms with Crippen molar-refractivity contribution in [2.45, 2.75) is 19.1 Å². The molecule has 1 aromatic heterocycles. The normalized spacial score (nSPS) is 11.6. The number of carbonyl (C=O) groups is 2. The van der Waals surface area contributed by atoms with Gasteiger partial charge in [0, 0.05) is 6.42 Å². The minimum Gasteiger partial charge on any atom is -0.459 e. The number of hydrogen-bond acceptors (Lipinski definition) is 4. The van der Waals surface area contributed by atoms with Crippen LogP contribution in [0.1, 0.15) is 20.8 Å². The molecule has 6 heteroatoms. The van der Waals surface area contributed by atoms with Crippen molar-refractivity contribution in [3.63, 3.8) is 0 Å². The average Bonchev–Trinajstić information content (AvgIpc) is 3.22. The second kappa shape index (κ2) is 9.09. The molecule has 3 rings (SSSR count). The molecule has 0 aliphatic carbocycles. The van der Waals surface area contributed by atoms with Crippen LogP contribution in [0.15, 0.2) is 72.1 Å². The summed E-state index contributed by atoms with van der Waals surface area (Å²) in [5.74, 6) is -1.20. The molecular weight excluding hydrogens is 365 g/mol. The van der Waals surface area contributed by atoms with Gasteiger partial charge in [-0.3, -0.25) is 4.79 Å². The van der Waals surface area contributed by atoms with E-state index < -0.39 is 12.0 Å². The maximum Gasteiger partial charge on any atom is 0.329 e. The molecule has 1 amide bonds. The number of benzene rings is 2. The number of halogens is 1. The summed E-state index contributed by atoms with van der Waals surface area (Å²) in [4.78, 5) is 25.5. The highest BCUT2D eigenvalue weighted by Gasteiger charge is 2.24. The number of thiophene rings is 1. The van der Waals surface area contributed by atoms with Gasteiger partial charge in [-0.25, -0.2) is 9.18 Å². The van der Waals surface area contributed by atoms with Gasteiger partial charge >= 0.3 is 5.97 Å². The Morgan fingerprint density at radius 3 is 2.37 bits per heavy atom. The van der Waals surface area contributed by atoms with Gasteiger partial charge in [-0.1, -0.05) is 48.5 Å². The summed E-state index contributed by atoms with van der Waals surface area (Å²) in [6.45, 7) is 0.0132. The van der Waals surface area contributed by atoms with Crippen molar-refractivity contribution < 1.29 is 18.7 Å². The number of nitrogens with one attached hydrogen (secondary N) is 1. The Morgan fingerprint density at radius 2 is 1.70 bits per heavy atom. The Kier molecular flexibility index (Phi) is 6.33. The van der Waals surface area contributed by atoms with E-state index in [9.17, 15) is 14.0 Å². The van der Waals surface area contributed by atoms with Crippen molar-refractivity contribution in [3.05, 3.63) is 93.9 Å². The number of carbonyl (C=O) groups excluding carboxylic acids is 2. The van der Waals surface area contributed by atoms with E-state index in [2.05, 4.69) is 5.32 Å². The first kappa shape index (κ1) is 18.8. The van der Waals surface area contributed by atoms with Crippen molar-refractivity contribution >= 4 is 23.2 Å². The van der Waals surface area contributed by atoms with Crippen LogP contribution in [0.4, 0.5) is 4.39 Å². The summed E-state index contributed by atoms with van der Waals surface area (Å²) in [6.07, 6.45) is 0.320. The standard InChI is InChI=1S/C21H18FNO3S/c22-17-10-8-16(9-11-17)14-26-21(25)18(13-15-5-2-1-3-6-15)23-20(24)19-7-4-12-27-19/h1-12,18H,13-14H2,(H,23,24). The van der Waals surface area contributed by atoms with E-state index in [4.69, 9.17) is 4.74 Å². The zero-order valence-electron chi connectivity index (χ0n) is 14.4. The predicted molar refractivity (Wildman–Crippen MR) is 102 cm³/mol. The molecule has 138 valence electrons. The Hall–Kier alpha value is -2.99. The molecule has 0 saturated carbocycles. The van der Waals surface area contributed by atoms with Crippen molar-refractivity contribution in [2.75, 3.05) is 0 Å². The van der Waals surface area contributed by atoms with E-state index in [1.165, 1.54) is 23.5 Å². The molecule has 1 N–H and O–H groups in total. The molecule has 0 aliphatic rings. The predicted octanol–water partition coefficient (Wildman–Crippen LogP) is 3.97. The fourth-order valence-corrected chi connectivity index (χ4v) is 3.14. The van der Waals surface area contributed by atoms with Gasteiger partial charge in [-0.15, -0.1) is 11.3 Å². The summed E-state index contributed by atoms with van der Waals surface area (Å²) in [5.41, 5.74) is 1.58. The van der Waals surface area contributed by atoms with Gasteiger partial charge in [0.05, 0.1) is 4.88 Å². The second-order valence-corrected chi connectivity index (χ2v) is 6.87. The third kappa shape index (κ3) is 5.49. The Balaban J connectivity index is 1.68. The van der Waals surface area contributed by atoms with E-state index in [1.54, 1.807) is 29.6 Å². The van der Waals surface area contributed by atoms with Crippen LogP contribution >= 0.6 is 11.3 Å². The quantitative estimate of drug-likeness (QED) is 0.628. The fourth-order valence-electron chi connectivity index (χ4n) is 2.52. The van der Waals surface area contributed by atoms with E-state index in [0.717, 1.165) is 5.56 Å². The highest BCUT2D eigenvalue weighted by molar-refractivity contribution is 7.12. The molecule has 1 heterocycles. The van der Waals surface area contributed by atoms with E-state index in [-0.39, 0.29) is 18.3 Å². The number of rotatable bonds is 7. The third-order valence-electron chi connectivity index (χ3n) is 3.91. The monoisotopic (exact) mass is 383 g/mol. The molecule has 27 heavy (non-hydrogen) atoms. The SMILES string of the molecule is O=C(NC(Cc1ccccc1)C(=O)OCc1ccc(F)cc1)c1cccs1. The lowest BCUT2D eigenvalue weighted by Gasteiger charge is -2.17. The zero-order valence-corrected chi connectivity index (χ0v) is 15.2. The van der Waals surface area contributed by atoms with Gasteiger partial charge in [0.2, 0.25) is 0 Å². The molecule has 0 bridgehead atoms. The lowest BCUT2D eigenvalue weighted by atomic mass is 10.1. The topological polar surface area (TPSA) is 55.4 Å². The third-order valence-corrected chi connectivity index (χ3v) is 4.78. The Bertz CT molecular complexity index is 880. The summed E-state index contributed by atoms with van der Waals surface area (Å²) < 4.78 is 18.3. The molecule has 1 atom stereocenters. The summed E-state index contributed by atoms with van der Waals surface area (Å²) in [6, 6.07) is 17.8. The summed E-state index contributed by atoms with van der Waals surface area (Å²) >= 11 is 1.30. The average molecular weight is 383 g/mol. The van der Waals surface area contributed by atoms with Gasteiger partial charge in [-0.05, 0) is 34.7 Å². The van der Waals surface area contributed by atoms with Crippen LogP contribution in [0.3, 0.4) is 0 Å². The summed E-state index contributed by atoms with van der Waals surface area (Å²) in [5, 5.41) is 4.55. The largest absolute Gasteiger partial charge is 0.459 e. The molecule has 0 radical (unpaired) electrons. The van der Waals surface area contributed by atoms with Crippen molar-refractivity contribution in [1.82, 2.24) is 5.32 Å². The molecule has 0 fully saturated rings. The van der Waals surface area contributed by atoms with Crippen molar-refractivity contribution in [1.29, 1.82) is 0 Å². The number of hydrogen-bond donors (Lipinski definition) is 1. The van der Waals surface area contributed by atoms with Crippen LogP contribution in [0.5, 0.6) is 0 Å². The molecular formula is C21H18FNO3S. The maximum absolute atomic E-state index is 13.0. The van der Waals surface area contributed by atoms with Gasteiger partial charge in [0.1, 0.15) is 18.5 Å². The highest BCUT2D eigenvalue weighted by atomic mass is 32.1. The van der Waals surface area contributed by atoms with Gasteiger partial charge in [-0.2, -0.15) is 0 Å². The highest BCUT2D eigenvalue weighted by Crippen LogP contribution is 2.12. The Labute approximate surface area is 160 Å². The second-order valence-electron chi connectivity index (χ2n) is 5.93. The molecule has 2 aromatic carbocycles. The van der Waals surface area contributed by atoms with E-state index in [0.29, 0.717) is 16.9 Å². The minimum absolute atomic E-state index is 0.0132. The van der Waals surface area contributed by atoms with Crippen LogP contribution in [-0.4, -0.2) is 17.9 Å². The van der Waals surface area contributed by atoms with Crippen LogP contribution < -0.4 is 5.32 Å². The molecule has 0 saturated heterocycles. The van der Waals surface area contributed by atoms with Crippen LogP contribution in [0.2, 0.25) is 0 Å². The van der Waals surface area contributed by atoms with Crippen LogP contribution in [0, 0.1) is 5.82 Å². The number of amides is 1. The minimum atomic E-state index is -0.817. The van der Waals surface area contributed by atoms with Gasteiger partial charge < -0.3 is 10.1 Å². The molecule has 3 aromatic rings. The first-order valence-electron chi connectivity index (χ1n) is 8.41. The van der Waals surface area contributed by atoms with E-state index in [1.807, 2.05) is 30.3 Å². The van der Waals surface area contributed by atoms with Crippen LogP contribution in [0.25, 0.3) is 0 Å². The number of esters is 1. The lowest BCUT2D eigenvalue weighted by Crippen LogP contribution is -2.43. The molecule has 0 aliphatic heterocycles. The maximum atomic E-state index is 13.0. The van der Waals surface area contributed by atoms with Gasteiger partial charge in [0.25, 0.3) is 5.91 Å². The zero-order chi connectivity index (χ0) is 19.1. The smallest absolute Gasteiger partial charge is 0.329 e. The molecule has 0 spiro atoms. The molecule has 1 unspecified atom stereocenters. The van der Waals surface area contributed by atoms with E-state index >= 15 is 0 Å². The first-order valence-corrected chi connectivity index (χ1v) is 9.29.